The average molecular weight is 163 g/mol. The van der Waals surface area contributed by atoms with Crippen molar-refractivity contribution in [2.75, 3.05) is 0 Å². The zero-order valence-corrected chi connectivity index (χ0v) is 7.65. The van der Waals surface area contributed by atoms with Gasteiger partial charge in [0.2, 0.25) is 0 Å². The number of fused-ring (bicyclic) bond motifs is 1. The standard InChI is InChI=1S/C7H7N3.C2H6/c1-6-4-7-8-2-3-10(7)5-9-6;1-2/h2-5H,1H3;1-2H3. The van der Waals surface area contributed by atoms with E-state index >= 15 is 0 Å². The van der Waals surface area contributed by atoms with E-state index in [1.54, 1.807) is 12.5 Å². The lowest BCUT2D eigenvalue weighted by molar-refractivity contribution is 1.05. The molecule has 0 saturated carbocycles. The Morgan fingerprint density at radius 1 is 1.25 bits per heavy atom. The molecule has 0 bridgehead atoms. The van der Waals surface area contributed by atoms with Crippen molar-refractivity contribution >= 4 is 5.65 Å². The molecule has 0 N–H and O–H groups in total. The lowest BCUT2D eigenvalue weighted by atomic mass is 10.4. The van der Waals surface area contributed by atoms with Gasteiger partial charge in [0.15, 0.2) is 0 Å². The second-order valence-corrected chi connectivity index (χ2v) is 2.22. The molecule has 0 atom stereocenters. The van der Waals surface area contributed by atoms with Crippen LogP contribution in [0.5, 0.6) is 0 Å². The first-order valence-electron chi connectivity index (χ1n) is 4.11. The van der Waals surface area contributed by atoms with E-state index in [0.717, 1.165) is 11.3 Å². The first-order chi connectivity index (χ1) is 5.86. The molecule has 0 aliphatic heterocycles. The van der Waals surface area contributed by atoms with Crippen molar-refractivity contribution in [3.63, 3.8) is 0 Å². The third kappa shape index (κ3) is 1.61. The van der Waals surface area contributed by atoms with Crippen LogP contribution >= 0.6 is 0 Å². The number of rotatable bonds is 0. The summed E-state index contributed by atoms with van der Waals surface area (Å²) in [4.78, 5) is 8.20. The summed E-state index contributed by atoms with van der Waals surface area (Å²) in [5.41, 5.74) is 1.95. The summed E-state index contributed by atoms with van der Waals surface area (Å²) in [6, 6.07) is 1.94. The number of aryl methyl sites for hydroxylation is 1. The molecule has 12 heavy (non-hydrogen) atoms. The molecule has 0 aliphatic carbocycles. The summed E-state index contributed by atoms with van der Waals surface area (Å²) in [5.74, 6) is 0. The Balaban J connectivity index is 0.000000336. The molecular formula is C9H13N3. The number of hydrogen-bond donors (Lipinski definition) is 0. The molecule has 2 aromatic rings. The molecule has 2 aromatic heterocycles. The molecule has 0 unspecified atom stereocenters. The smallest absolute Gasteiger partial charge is 0.139 e. The number of hydrogen-bond acceptors (Lipinski definition) is 2. The van der Waals surface area contributed by atoms with Crippen LogP contribution in [0, 0.1) is 6.92 Å². The summed E-state index contributed by atoms with van der Waals surface area (Å²) >= 11 is 0. The second kappa shape index (κ2) is 3.85. The predicted molar refractivity (Wildman–Crippen MR) is 49.1 cm³/mol. The quantitative estimate of drug-likeness (QED) is 0.595. The molecule has 2 heterocycles. The van der Waals surface area contributed by atoms with Gasteiger partial charge in [0.25, 0.3) is 0 Å². The molecule has 3 heteroatoms. The topological polar surface area (TPSA) is 30.2 Å². The Bertz CT molecular complexity index is 351. The van der Waals surface area contributed by atoms with Crippen LogP contribution in [0.25, 0.3) is 5.65 Å². The summed E-state index contributed by atoms with van der Waals surface area (Å²) in [6.45, 7) is 5.95. The second-order valence-electron chi connectivity index (χ2n) is 2.22. The van der Waals surface area contributed by atoms with Gasteiger partial charge in [-0.2, -0.15) is 0 Å². The van der Waals surface area contributed by atoms with E-state index in [2.05, 4.69) is 9.97 Å². The first kappa shape index (κ1) is 8.71. The van der Waals surface area contributed by atoms with Crippen molar-refractivity contribution < 1.29 is 0 Å². The fraction of sp³-hybridized carbons (Fsp3) is 0.333. The SMILES string of the molecule is CC.Cc1cc2nccn2cn1. The molecule has 0 spiro atoms. The maximum Gasteiger partial charge on any atom is 0.139 e. The largest absolute Gasteiger partial charge is 0.290 e. The van der Waals surface area contributed by atoms with Crippen LogP contribution in [0.15, 0.2) is 24.8 Å². The molecule has 0 aromatic carbocycles. The highest BCUT2D eigenvalue weighted by Crippen LogP contribution is 1.99. The van der Waals surface area contributed by atoms with E-state index in [0.29, 0.717) is 0 Å². The Kier molecular flexibility index (Phi) is 2.80. The van der Waals surface area contributed by atoms with Crippen LogP contribution in [0.3, 0.4) is 0 Å². The highest BCUT2D eigenvalue weighted by molar-refractivity contribution is 5.37. The van der Waals surface area contributed by atoms with E-state index < -0.39 is 0 Å². The molecule has 3 nitrogen and oxygen atoms in total. The van der Waals surface area contributed by atoms with Gasteiger partial charge in [-0.05, 0) is 6.92 Å². The van der Waals surface area contributed by atoms with Crippen LogP contribution in [-0.4, -0.2) is 14.4 Å². The maximum absolute atomic E-state index is 4.10. The molecule has 0 radical (unpaired) electrons. The maximum atomic E-state index is 4.10. The van der Waals surface area contributed by atoms with Gasteiger partial charge in [-0.15, -0.1) is 0 Å². The van der Waals surface area contributed by atoms with Crippen molar-refractivity contribution in [2.24, 2.45) is 0 Å². The molecule has 0 fully saturated rings. The minimum Gasteiger partial charge on any atom is -0.290 e. The van der Waals surface area contributed by atoms with Gasteiger partial charge in [0.1, 0.15) is 12.0 Å². The summed E-state index contributed by atoms with van der Waals surface area (Å²) < 4.78 is 1.88. The van der Waals surface area contributed by atoms with Crippen molar-refractivity contribution in [2.45, 2.75) is 20.8 Å². The van der Waals surface area contributed by atoms with E-state index in [4.69, 9.17) is 0 Å². The zero-order valence-electron chi connectivity index (χ0n) is 7.65. The average Bonchev–Trinajstić information content (AvgIpc) is 2.54. The highest BCUT2D eigenvalue weighted by atomic mass is 15.0. The van der Waals surface area contributed by atoms with E-state index in [9.17, 15) is 0 Å². The fourth-order valence-corrected chi connectivity index (χ4v) is 0.911. The van der Waals surface area contributed by atoms with Gasteiger partial charge in [0.05, 0.1) is 0 Å². The van der Waals surface area contributed by atoms with Crippen LogP contribution in [0.4, 0.5) is 0 Å². The van der Waals surface area contributed by atoms with E-state index in [1.165, 1.54) is 0 Å². The van der Waals surface area contributed by atoms with Crippen molar-refractivity contribution in [3.05, 3.63) is 30.5 Å². The van der Waals surface area contributed by atoms with Crippen molar-refractivity contribution in [1.82, 2.24) is 14.4 Å². The Hall–Kier alpha value is -1.38. The molecule has 64 valence electrons. The molecule has 0 aliphatic rings. The Morgan fingerprint density at radius 3 is 2.75 bits per heavy atom. The first-order valence-corrected chi connectivity index (χ1v) is 4.11. The number of imidazole rings is 1. The van der Waals surface area contributed by atoms with Crippen LogP contribution < -0.4 is 0 Å². The van der Waals surface area contributed by atoms with Crippen LogP contribution in [-0.2, 0) is 0 Å². The van der Waals surface area contributed by atoms with Crippen LogP contribution in [0.1, 0.15) is 19.5 Å². The van der Waals surface area contributed by atoms with Gasteiger partial charge >= 0.3 is 0 Å². The van der Waals surface area contributed by atoms with Crippen molar-refractivity contribution in [3.8, 4) is 0 Å². The predicted octanol–water partition coefficient (Wildman–Crippen LogP) is 2.06. The number of nitrogens with zero attached hydrogens (tertiary/aromatic N) is 3. The van der Waals surface area contributed by atoms with Gasteiger partial charge in [-0.1, -0.05) is 13.8 Å². The lowest BCUT2D eigenvalue weighted by Crippen LogP contribution is -1.87. The molecule has 0 saturated heterocycles. The Labute approximate surface area is 72.1 Å². The zero-order chi connectivity index (χ0) is 8.97. The molecule has 2 rings (SSSR count). The molecule has 0 amide bonds. The summed E-state index contributed by atoms with van der Waals surface area (Å²) in [5, 5.41) is 0. The fourth-order valence-electron chi connectivity index (χ4n) is 0.911. The normalized spacial score (nSPS) is 9.25. The third-order valence-corrected chi connectivity index (χ3v) is 1.42. The van der Waals surface area contributed by atoms with Crippen molar-refractivity contribution in [1.29, 1.82) is 0 Å². The van der Waals surface area contributed by atoms with Crippen LogP contribution in [0.2, 0.25) is 0 Å². The highest BCUT2D eigenvalue weighted by Gasteiger charge is 1.91. The van der Waals surface area contributed by atoms with E-state index in [-0.39, 0.29) is 0 Å². The minimum atomic E-state index is 0.951. The Morgan fingerprint density at radius 2 is 2.00 bits per heavy atom. The van der Waals surface area contributed by atoms with Gasteiger partial charge in [0, 0.05) is 24.2 Å². The van der Waals surface area contributed by atoms with Gasteiger partial charge in [-0.25, -0.2) is 9.97 Å². The van der Waals surface area contributed by atoms with Gasteiger partial charge < -0.3 is 0 Å². The lowest BCUT2D eigenvalue weighted by Gasteiger charge is -1.91. The number of aromatic nitrogens is 3. The van der Waals surface area contributed by atoms with Gasteiger partial charge in [-0.3, -0.25) is 4.40 Å². The van der Waals surface area contributed by atoms with E-state index in [1.807, 2.05) is 37.4 Å². The third-order valence-electron chi connectivity index (χ3n) is 1.42. The minimum absolute atomic E-state index is 0.951. The monoisotopic (exact) mass is 163 g/mol. The summed E-state index contributed by atoms with van der Waals surface area (Å²) in [6.07, 6.45) is 5.40. The molecular weight excluding hydrogens is 150 g/mol. The summed E-state index contributed by atoms with van der Waals surface area (Å²) in [7, 11) is 0.